The number of nitrogens with zero attached hydrogens (tertiary/aromatic N) is 2. The van der Waals surface area contributed by atoms with E-state index in [1.165, 1.54) is 18.2 Å². The first-order valence-corrected chi connectivity index (χ1v) is 22.9. The van der Waals surface area contributed by atoms with E-state index in [0.29, 0.717) is 30.2 Å². The molecule has 63 heavy (non-hydrogen) atoms. The fourth-order valence-electron chi connectivity index (χ4n) is 7.34. The number of carboxylic acid groups (broad SMARTS) is 2. The number of hydrogen-bond acceptors (Lipinski definition) is 9. The number of phenols is 1. The summed E-state index contributed by atoms with van der Waals surface area (Å²) in [6.07, 6.45) is 0. The molecule has 0 aliphatic carbocycles. The van der Waals surface area contributed by atoms with Crippen molar-refractivity contribution in [3.05, 3.63) is 161 Å². The van der Waals surface area contributed by atoms with E-state index >= 15 is 0 Å². The number of carboxylic acids is 2. The summed E-state index contributed by atoms with van der Waals surface area (Å²) in [6.45, 7) is 5.00. The molecule has 12 nitrogen and oxygen atoms in total. The maximum absolute atomic E-state index is 13.2. The molecule has 0 spiro atoms. The Hall–Kier alpha value is -6.90. The fourth-order valence-corrected chi connectivity index (χ4v) is 9.29. The monoisotopic (exact) mass is 882 g/mol. The van der Waals surface area contributed by atoms with E-state index in [4.69, 9.17) is 0 Å². The summed E-state index contributed by atoms with van der Waals surface area (Å²) in [5, 5.41) is 35.0. The number of anilines is 4. The zero-order valence-electron chi connectivity index (χ0n) is 34.5. The van der Waals surface area contributed by atoms with Crippen molar-refractivity contribution in [3.63, 3.8) is 0 Å². The molecule has 0 aromatic heterocycles. The summed E-state index contributed by atoms with van der Waals surface area (Å²) in [5.41, 5.74) is 7.08. The number of nitrogens with one attached hydrogen (secondary N) is 2. The summed E-state index contributed by atoms with van der Waals surface area (Å²) in [5.74, 6) is -0.120. The van der Waals surface area contributed by atoms with Crippen LogP contribution in [0.4, 0.5) is 22.7 Å². The van der Waals surface area contributed by atoms with E-state index in [9.17, 15) is 38.7 Å². The molecule has 5 N–H and O–H groups in total. The highest BCUT2D eigenvalue weighted by molar-refractivity contribution is 7.99. The molecule has 0 bridgehead atoms. The van der Waals surface area contributed by atoms with Gasteiger partial charge in [-0.2, -0.15) is 11.8 Å². The number of benzene rings is 6. The second-order valence-corrected chi connectivity index (χ2v) is 17.8. The van der Waals surface area contributed by atoms with Gasteiger partial charge in [0.05, 0.1) is 28.1 Å². The average Bonchev–Trinajstić information content (AvgIpc) is 3.30. The van der Waals surface area contributed by atoms with Crippen molar-refractivity contribution in [1.82, 2.24) is 0 Å². The smallest absolute Gasteiger partial charge is 0.337 e. The average molecular weight is 883 g/mol. The number of carbonyl (C=O) groups excluding carboxylic acids is 2. The first-order valence-electron chi connectivity index (χ1n) is 20.3. The highest BCUT2D eigenvalue weighted by Crippen LogP contribution is 2.31. The lowest BCUT2D eigenvalue weighted by Gasteiger charge is -2.29. The van der Waals surface area contributed by atoms with Gasteiger partial charge in [0, 0.05) is 76.9 Å². The predicted octanol–water partition coefficient (Wildman–Crippen LogP) is 8.74. The van der Waals surface area contributed by atoms with Crippen LogP contribution in [0, 0.1) is 6.92 Å². The SMILES string of the molecule is Cc1ccc(N2CCSCC2)cc1C(=O)Nc1cc(-c2ccccc2)ccc1C(=O)O.O=C(Nc1cc(-c2ccccc2)ccc1C(=O)O)c1cc(N2CCS(=O)CC2)ccc1O. The number of aryl methyl sites for hydroxylation is 1. The molecule has 0 saturated carbocycles. The number of phenolic OH excluding ortho intramolecular Hbond substituents is 1. The van der Waals surface area contributed by atoms with Gasteiger partial charge in [-0.05, 0) is 89.3 Å². The minimum Gasteiger partial charge on any atom is -0.507 e. The summed E-state index contributed by atoms with van der Waals surface area (Å²) in [7, 11) is -0.831. The summed E-state index contributed by atoms with van der Waals surface area (Å²) in [4.78, 5) is 53.9. The number of aromatic carboxylic acids is 2. The van der Waals surface area contributed by atoms with E-state index in [2.05, 4.69) is 15.5 Å². The Labute approximate surface area is 372 Å². The second kappa shape index (κ2) is 20.3. The van der Waals surface area contributed by atoms with Crippen LogP contribution >= 0.6 is 11.8 Å². The fraction of sp³-hybridized carbons (Fsp3) is 0.184. The molecule has 6 aromatic rings. The normalized spacial score (nSPS) is 13.9. The van der Waals surface area contributed by atoms with Crippen LogP contribution in [-0.2, 0) is 10.8 Å². The van der Waals surface area contributed by atoms with E-state index in [-0.39, 0.29) is 39.7 Å². The number of hydrogen-bond donors (Lipinski definition) is 5. The molecule has 0 atom stereocenters. The third kappa shape index (κ3) is 11.0. The van der Waals surface area contributed by atoms with Crippen LogP contribution in [-0.4, -0.2) is 92.5 Å². The zero-order chi connectivity index (χ0) is 44.5. The number of carbonyl (C=O) groups is 4. The van der Waals surface area contributed by atoms with Crippen LogP contribution in [0.1, 0.15) is 47.0 Å². The van der Waals surface area contributed by atoms with Gasteiger partial charge in [0.1, 0.15) is 5.75 Å². The number of aromatic hydroxyl groups is 1. The lowest BCUT2D eigenvalue weighted by molar-refractivity contribution is 0.0687. The van der Waals surface area contributed by atoms with E-state index < -0.39 is 28.6 Å². The highest BCUT2D eigenvalue weighted by atomic mass is 32.2. The van der Waals surface area contributed by atoms with E-state index in [1.54, 1.807) is 36.4 Å². The summed E-state index contributed by atoms with van der Waals surface area (Å²) in [6, 6.07) is 39.5. The third-order valence-corrected chi connectivity index (χ3v) is 13.0. The Morgan fingerprint density at radius 3 is 1.51 bits per heavy atom. The van der Waals surface area contributed by atoms with Crippen LogP contribution in [0.15, 0.2) is 133 Å². The van der Waals surface area contributed by atoms with Gasteiger partial charge in [-0.1, -0.05) is 78.9 Å². The molecule has 0 radical (unpaired) electrons. The molecule has 2 heterocycles. The Morgan fingerprint density at radius 1 is 0.540 bits per heavy atom. The molecule has 2 aliphatic heterocycles. The maximum atomic E-state index is 13.2. The lowest BCUT2D eigenvalue weighted by Crippen LogP contribution is -2.37. The van der Waals surface area contributed by atoms with Crippen molar-refractivity contribution in [2.75, 3.05) is 69.6 Å². The van der Waals surface area contributed by atoms with E-state index in [1.807, 2.05) is 102 Å². The van der Waals surface area contributed by atoms with Gasteiger partial charge < -0.3 is 35.8 Å². The summed E-state index contributed by atoms with van der Waals surface area (Å²) >= 11 is 1.94. The van der Waals surface area contributed by atoms with Crippen LogP contribution in [0.25, 0.3) is 22.3 Å². The van der Waals surface area contributed by atoms with Gasteiger partial charge in [-0.3, -0.25) is 13.8 Å². The highest BCUT2D eigenvalue weighted by Gasteiger charge is 2.22. The van der Waals surface area contributed by atoms with Gasteiger partial charge >= 0.3 is 11.9 Å². The van der Waals surface area contributed by atoms with Gasteiger partial charge in [0.2, 0.25) is 0 Å². The number of rotatable bonds is 10. The van der Waals surface area contributed by atoms with Crippen LogP contribution in [0.5, 0.6) is 5.75 Å². The van der Waals surface area contributed by atoms with Gasteiger partial charge in [0.25, 0.3) is 11.8 Å². The van der Waals surface area contributed by atoms with Crippen LogP contribution < -0.4 is 20.4 Å². The molecule has 0 unspecified atom stereocenters. The Kier molecular flexibility index (Phi) is 14.2. The van der Waals surface area contributed by atoms with E-state index in [0.717, 1.165) is 63.8 Å². The standard InChI is InChI=1S/C25H24N2O3S.C24H22N2O5S/c1-17-7-9-20(27-11-13-31-14-12-27)16-22(17)24(28)26-23-15-19(8-10-21(23)25(29)30)18-5-3-2-4-6-18;27-22-9-7-18(26-10-12-32(31)13-11-26)15-20(22)23(28)25-21-14-17(6-8-19(21)24(29)30)16-4-2-1-3-5-16/h2-10,15-16H,11-14H2,1H3,(H,26,28)(H,29,30);1-9,14-15,27H,10-13H2,(H,25,28)(H,29,30). The predicted molar refractivity (Wildman–Crippen MR) is 252 cm³/mol. The molecule has 14 heteroatoms. The van der Waals surface area contributed by atoms with Crippen molar-refractivity contribution >= 4 is 69.1 Å². The second-order valence-electron chi connectivity index (χ2n) is 14.9. The van der Waals surface area contributed by atoms with Crippen molar-refractivity contribution in [2.45, 2.75) is 6.92 Å². The van der Waals surface area contributed by atoms with Crippen molar-refractivity contribution in [2.24, 2.45) is 0 Å². The minimum atomic E-state index is -1.17. The van der Waals surface area contributed by atoms with Gasteiger partial charge in [-0.15, -0.1) is 0 Å². The Balaban J connectivity index is 0.000000189. The lowest BCUT2D eigenvalue weighted by atomic mass is 10.0. The Bertz CT molecular complexity index is 2660. The van der Waals surface area contributed by atoms with Crippen molar-refractivity contribution in [1.29, 1.82) is 0 Å². The molecule has 2 aliphatic rings. The molecule has 2 fully saturated rings. The van der Waals surface area contributed by atoms with Crippen LogP contribution in [0.3, 0.4) is 0 Å². The summed E-state index contributed by atoms with van der Waals surface area (Å²) < 4.78 is 11.6. The quantitative estimate of drug-likeness (QED) is 0.0890. The molecule has 2 saturated heterocycles. The van der Waals surface area contributed by atoms with Crippen LogP contribution in [0.2, 0.25) is 0 Å². The largest absolute Gasteiger partial charge is 0.507 e. The van der Waals surface area contributed by atoms with Crippen molar-refractivity contribution in [3.8, 4) is 28.0 Å². The van der Waals surface area contributed by atoms with Crippen molar-refractivity contribution < 1.29 is 38.7 Å². The third-order valence-electron chi connectivity index (χ3n) is 10.8. The first kappa shape index (κ1) is 44.2. The topological polar surface area (TPSA) is 177 Å². The minimum absolute atomic E-state index is 0.0376. The Morgan fingerprint density at radius 2 is 1.00 bits per heavy atom. The molecular weight excluding hydrogens is 837 g/mol. The number of amides is 2. The molecule has 6 aromatic carbocycles. The first-order chi connectivity index (χ1) is 30.4. The number of thioether (sulfide) groups is 1. The maximum Gasteiger partial charge on any atom is 0.337 e. The molecular formula is C49H46N4O8S2. The molecule has 8 rings (SSSR count). The molecule has 322 valence electrons. The van der Waals surface area contributed by atoms with Gasteiger partial charge in [0.15, 0.2) is 0 Å². The van der Waals surface area contributed by atoms with Gasteiger partial charge in [-0.25, -0.2) is 9.59 Å². The zero-order valence-corrected chi connectivity index (χ0v) is 36.1. The molecule has 2 amide bonds.